The Kier molecular flexibility index (Phi) is 3.88. The van der Waals surface area contributed by atoms with E-state index in [0.29, 0.717) is 19.3 Å². The number of aliphatic hydroxyl groups is 1. The third-order valence-electron chi connectivity index (χ3n) is 9.35. The molecule has 29 heavy (non-hydrogen) atoms. The summed E-state index contributed by atoms with van der Waals surface area (Å²) < 4.78 is 11.4. The highest BCUT2D eigenvalue weighted by Gasteiger charge is 2.81. The highest BCUT2D eigenvalue weighted by Crippen LogP contribution is 2.76. The van der Waals surface area contributed by atoms with Gasteiger partial charge in [0.2, 0.25) is 5.78 Å². The van der Waals surface area contributed by atoms with Crippen LogP contribution in [0.3, 0.4) is 0 Å². The Hall–Kier alpha value is -1.53. The van der Waals surface area contributed by atoms with E-state index in [1.54, 1.807) is 0 Å². The Bertz CT molecular complexity index is 846. The van der Waals surface area contributed by atoms with Crippen molar-refractivity contribution in [1.82, 2.24) is 0 Å². The lowest BCUT2D eigenvalue weighted by molar-refractivity contribution is -0.166. The number of ketones is 2. The van der Waals surface area contributed by atoms with Gasteiger partial charge in [0.15, 0.2) is 12.4 Å². The maximum atomic E-state index is 12.9. The first-order valence-electron chi connectivity index (χ1n) is 10.9. The van der Waals surface area contributed by atoms with Crippen molar-refractivity contribution in [2.75, 3.05) is 6.61 Å². The van der Waals surface area contributed by atoms with Crippen molar-refractivity contribution < 1.29 is 29.0 Å². The third-order valence-corrected chi connectivity index (χ3v) is 9.35. The predicted octanol–water partition coefficient (Wildman–Crippen LogP) is 2.51. The molecule has 0 radical (unpaired) electrons. The number of Topliss-reactive ketones (excluding diaryl/α,β-unsaturated/α-hetero) is 1. The number of rotatable bonds is 3. The molecular weight excluding hydrogens is 372 g/mol. The van der Waals surface area contributed by atoms with E-state index in [2.05, 4.69) is 6.92 Å². The number of esters is 1. The van der Waals surface area contributed by atoms with Crippen LogP contribution in [0, 0.1) is 22.7 Å². The molecule has 158 valence electrons. The molecule has 6 heteroatoms. The molecule has 0 aromatic heterocycles. The molecule has 0 unspecified atom stereocenters. The van der Waals surface area contributed by atoms with E-state index in [0.717, 1.165) is 25.7 Å². The second-order valence-corrected chi connectivity index (χ2v) is 10.3. The lowest BCUT2D eigenvalue weighted by Gasteiger charge is -2.56. The number of carbonyl (C=O) groups excluding carboxylic acids is 3. The zero-order valence-corrected chi connectivity index (χ0v) is 17.5. The van der Waals surface area contributed by atoms with E-state index >= 15 is 0 Å². The van der Waals surface area contributed by atoms with Crippen LogP contribution in [0.4, 0.5) is 0 Å². The first-order valence-corrected chi connectivity index (χ1v) is 10.9. The van der Waals surface area contributed by atoms with Crippen LogP contribution in [-0.2, 0) is 23.9 Å². The van der Waals surface area contributed by atoms with Crippen molar-refractivity contribution in [2.45, 2.75) is 83.0 Å². The van der Waals surface area contributed by atoms with Crippen LogP contribution in [0.25, 0.3) is 0 Å². The van der Waals surface area contributed by atoms with Crippen molar-refractivity contribution in [3.05, 3.63) is 11.6 Å². The summed E-state index contributed by atoms with van der Waals surface area (Å²) in [4.78, 5) is 36.1. The second-order valence-electron chi connectivity index (χ2n) is 10.3. The van der Waals surface area contributed by atoms with Crippen molar-refractivity contribution in [3.8, 4) is 0 Å². The van der Waals surface area contributed by atoms with Gasteiger partial charge in [-0.3, -0.25) is 14.4 Å². The molecule has 1 N–H and O–H groups in total. The van der Waals surface area contributed by atoms with Gasteiger partial charge in [-0.15, -0.1) is 0 Å². The van der Waals surface area contributed by atoms with Crippen LogP contribution in [-0.4, -0.2) is 46.6 Å². The lowest BCUT2D eigenvalue weighted by atomic mass is 9.46. The summed E-state index contributed by atoms with van der Waals surface area (Å²) in [6.07, 6.45) is 6.88. The van der Waals surface area contributed by atoms with Crippen molar-refractivity contribution >= 4 is 17.5 Å². The lowest BCUT2D eigenvalue weighted by Crippen LogP contribution is -2.62. The van der Waals surface area contributed by atoms with Crippen LogP contribution >= 0.6 is 0 Å². The Morgan fingerprint density at radius 3 is 2.69 bits per heavy atom. The van der Waals surface area contributed by atoms with Crippen LogP contribution in [0.5, 0.6) is 0 Å². The fraction of sp³-hybridized carbons (Fsp3) is 0.783. The molecule has 3 saturated carbocycles. The molecule has 4 aliphatic carbocycles. The van der Waals surface area contributed by atoms with Crippen LogP contribution < -0.4 is 0 Å². The number of carbonyl (C=O) groups is 3. The van der Waals surface area contributed by atoms with Crippen molar-refractivity contribution in [2.24, 2.45) is 22.7 Å². The third kappa shape index (κ3) is 2.22. The summed E-state index contributed by atoms with van der Waals surface area (Å²) >= 11 is 0. The fourth-order valence-electron chi connectivity index (χ4n) is 7.77. The van der Waals surface area contributed by atoms with Crippen molar-refractivity contribution in [3.63, 3.8) is 0 Å². The Labute approximate surface area is 171 Å². The molecule has 1 saturated heterocycles. The highest BCUT2D eigenvalue weighted by molar-refractivity contribution is 5.92. The van der Waals surface area contributed by atoms with Gasteiger partial charge in [-0.1, -0.05) is 19.4 Å². The smallest absolute Gasteiger partial charge is 0.303 e. The van der Waals surface area contributed by atoms with E-state index in [1.165, 1.54) is 12.5 Å². The summed E-state index contributed by atoms with van der Waals surface area (Å²) in [6, 6.07) is 0. The van der Waals surface area contributed by atoms with Gasteiger partial charge in [0.1, 0.15) is 11.2 Å². The minimum Gasteiger partial charge on any atom is -0.458 e. The summed E-state index contributed by atoms with van der Waals surface area (Å²) in [5.74, 6) is -0.227. The quantitative estimate of drug-likeness (QED) is 0.576. The van der Waals surface area contributed by atoms with E-state index in [1.807, 2.05) is 13.0 Å². The van der Waals surface area contributed by atoms with Gasteiger partial charge in [0, 0.05) is 24.2 Å². The highest BCUT2D eigenvalue weighted by atomic mass is 16.6. The number of hydrogen-bond acceptors (Lipinski definition) is 6. The Balaban J connectivity index is 1.48. The zero-order chi connectivity index (χ0) is 20.8. The van der Waals surface area contributed by atoms with Gasteiger partial charge < -0.3 is 14.6 Å². The molecule has 4 fully saturated rings. The summed E-state index contributed by atoms with van der Waals surface area (Å²) in [6.45, 7) is 5.18. The monoisotopic (exact) mass is 402 g/mol. The molecule has 1 spiro atoms. The molecule has 6 nitrogen and oxygen atoms in total. The average Bonchev–Trinajstić information content (AvgIpc) is 3.32. The van der Waals surface area contributed by atoms with Gasteiger partial charge in [0.05, 0.1) is 6.10 Å². The standard InChI is InChI=1S/C23H30O6/c1-13(24)28-12-18(26)22(27)9-7-16-17-5-4-14-10-15(25)6-8-20(14,2)23(17)19(29-23)11-21(16,22)3/h10,16-17,19,27H,4-9,11-12H2,1-3H3/t16-,17-,19+,20+,21+,22-,23-/m1/s1. The van der Waals surface area contributed by atoms with E-state index in [-0.39, 0.29) is 41.3 Å². The maximum absolute atomic E-state index is 12.9. The van der Waals surface area contributed by atoms with Gasteiger partial charge in [-0.25, -0.2) is 0 Å². The predicted molar refractivity (Wildman–Crippen MR) is 103 cm³/mol. The number of hydrogen-bond donors (Lipinski definition) is 1. The number of ether oxygens (including phenoxy) is 2. The minimum atomic E-state index is -1.48. The van der Waals surface area contributed by atoms with Gasteiger partial charge in [0.25, 0.3) is 0 Å². The van der Waals surface area contributed by atoms with Crippen LogP contribution in [0.1, 0.15) is 65.7 Å². The summed E-state index contributed by atoms with van der Waals surface area (Å²) in [5, 5.41) is 11.5. The molecular formula is C23H30O6. The normalized spacial score (nSPS) is 49.9. The number of fused-ring (bicyclic) bond motifs is 3. The summed E-state index contributed by atoms with van der Waals surface area (Å²) in [5.41, 5.74) is -1.22. The van der Waals surface area contributed by atoms with Crippen LogP contribution in [0.2, 0.25) is 0 Å². The molecule has 1 heterocycles. The van der Waals surface area contributed by atoms with E-state index in [4.69, 9.17) is 9.47 Å². The van der Waals surface area contributed by atoms with E-state index in [9.17, 15) is 19.5 Å². The SMILES string of the molecule is CC(=O)OCC(=O)[C@]1(O)CC[C@@H]2[C@H]3CCC4=CC(=O)CC[C@]4(C)[C@@]34O[C@H]4C[C@@]21C. The fourth-order valence-corrected chi connectivity index (χ4v) is 7.77. The second kappa shape index (κ2) is 5.79. The van der Waals surface area contributed by atoms with Gasteiger partial charge >= 0.3 is 5.97 Å². The maximum Gasteiger partial charge on any atom is 0.303 e. The van der Waals surface area contributed by atoms with Crippen molar-refractivity contribution in [1.29, 1.82) is 0 Å². The molecule has 0 aromatic rings. The molecule has 5 rings (SSSR count). The average molecular weight is 402 g/mol. The van der Waals surface area contributed by atoms with Gasteiger partial charge in [-0.2, -0.15) is 0 Å². The molecule has 0 aromatic carbocycles. The zero-order valence-electron chi connectivity index (χ0n) is 17.5. The Morgan fingerprint density at radius 2 is 1.97 bits per heavy atom. The van der Waals surface area contributed by atoms with Gasteiger partial charge in [-0.05, 0) is 56.4 Å². The topological polar surface area (TPSA) is 93.2 Å². The molecule has 1 aliphatic heterocycles. The summed E-state index contributed by atoms with van der Waals surface area (Å²) in [7, 11) is 0. The molecule has 0 bridgehead atoms. The van der Waals surface area contributed by atoms with E-state index < -0.39 is 22.8 Å². The first-order chi connectivity index (χ1) is 13.6. The Morgan fingerprint density at radius 1 is 1.21 bits per heavy atom. The number of epoxide rings is 1. The molecule has 0 amide bonds. The largest absolute Gasteiger partial charge is 0.458 e. The minimum absolute atomic E-state index is 0.00167. The first kappa shape index (κ1) is 19.4. The molecule has 5 aliphatic rings. The van der Waals surface area contributed by atoms with Crippen LogP contribution in [0.15, 0.2) is 11.6 Å². The molecule has 7 atom stereocenters.